The molecule has 162 valence electrons. The maximum absolute atomic E-state index is 13.3. The van der Waals surface area contributed by atoms with Crippen LogP contribution in [0, 0.1) is 6.92 Å². The quantitative estimate of drug-likeness (QED) is 0.488. The molecule has 8 heteroatoms. The van der Waals surface area contributed by atoms with Crippen LogP contribution in [0.2, 0.25) is 5.02 Å². The lowest BCUT2D eigenvalue weighted by molar-refractivity contribution is -0.118. The Morgan fingerprint density at radius 3 is 2.47 bits per heavy atom. The van der Waals surface area contributed by atoms with Crippen LogP contribution in [-0.2, 0) is 17.3 Å². The molecule has 0 bridgehead atoms. The van der Waals surface area contributed by atoms with E-state index < -0.39 is 5.41 Å². The molecule has 2 aromatic carbocycles. The van der Waals surface area contributed by atoms with Crippen LogP contribution in [0.3, 0.4) is 0 Å². The summed E-state index contributed by atoms with van der Waals surface area (Å²) in [6.45, 7) is 1.81. The van der Waals surface area contributed by atoms with E-state index in [-0.39, 0.29) is 17.2 Å². The Kier molecular flexibility index (Phi) is 4.78. The molecule has 0 aliphatic heterocycles. The number of amides is 1. The fraction of sp³-hybridized carbons (Fsp3) is 0.208. The van der Waals surface area contributed by atoms with Crippen molar-refractivity contribution in [1.82, 2.24) is 14.5 Å². The molecule has 7 nitrogen and oxygen atoms in total. The molecule has 1 saturated carbocycles. The number of benzene rings is 2. The van der Waals surface area contributed by atoms with E-state index in [0.717, 1.165) is 11.3 Å². The molecular formula is C24H21ClN4O3. The molecule has 5 rings (SSSR count). The lowest BCUT2D eigenvalue weighted by atomic mass is 10.00. The molecule has 1 aliphatic carbocycles. The number of aromatic nitrogens is 3. The van der Waals surface area contributed by atoms with Gasteiger partial charge in [-0.2, -0.15) is 0 Å². The smallest absolute Gasteiger partial charge is 0.295 e. The number of halogens is 1. The lowest BCUT2D eigenvalue weighted by Crippen LogP contribution is -2.31. The summed E-state index contributed by atoms with van der Waals surface area (Å²) in [5, 5.41) is 7.68. The predicted molar refractivity (Wildman–Crippen MR) is 122 cm³/mol. The van der Waals surface area contributed by atoms with Crippen molar-refractivity contribution in [2.45, 2.75) is 25.2 Å². The minimum absolute atomic E-state index is 0.250. The third-order valence-electron chi connectivity index (χ3n) is 6.11. The van der Waals surface area contributed by atoms with Gasteiger partial charge in [-0.1, -0.05) is 35.0 Å². The number of nitrogens with zero attached hydrogens (tertiary/aromatic N) is 3. The van der Waals surface area contributed by atoms with E-state index in [9.17, 15) is 9.59 Å². The fourth-order valence-corrected chi connectivity index (χ4v) is 4.05. The SMILES string of the molecule is Cc1c(NC(=O)C2(c3cc(-c4ccc(Cl)cc4)on3)CC2)c(=O)n(-c2ccccc2)n1C. The molecular weight excluding hydrogens is 428 g/mol. The van der Waals surface area contributed by atoms with Gasteiger partial charge in [-0.05, 0) is 56.2 Å². The highest BCUT2D eigenvalue weighted by Crippen LogP contribution is 2.49. The molecule has 4 aromatic rings. The van der Waals surface area contributed by atoms with Crippen LogP contribution in [-0.4, -0.2) is 20.4 Å². The number of anilines is 1. The van der Waals surface area contributed by atoms with E-state index in [1.165, 1.54) is 0 Å². The lowest BCUT2D eigenvalue weighted by Gasteiger charge is -2.11. The summed E-state index contributed by atoms with van der Waals surface area (Å²) in [6.07, 6.45) is 1.29. The number of carbonyl (C=O) groups excluding carboxylic acids is 1. The first-order valence-corrected chi connectivity index (χ1v) is 10.7. The van der Waals surface area contributed by atoms with Gasteiger partial charge in [0.1, 0.15) is 5.69 Å². The Hall–Kier alpha value is -3.58. The zero-order valence-corrected chi connectivity index (χ0v) is 18.4. The molecule has 2 aromatic heterocycles. The first-order valence-electron chi connectivity index (χ1n) is 10.3. The zero-order valence-electron chi connectivity index (χ0n) is 17.6. The molecule has 0 spiro atoms. The largest absolute Gasteiger partial charge is 0.356 e. The minimum Gasteiger partial charge on any atom is -0.356 e. The second-order valence-electron chi connectivity index (χ2n) is 8.06. The van der Waals surface area contributed by atoms with Crippen molar-refractivity contribution in [3.8, 4) is 17.0 Å². The average Bonchev–Trinajstić information content (AvgIpc) is 3.42. The van der Waals surface area contributed by atoms with Crippen molar-refractivity contribution < 1.29 is 9.32 Å². The number of nitrogens with one attached hydrogen (secondary N) is 1. The molecule has 0 atom stereocenters. The van der Waals surface area contributed by atoms with Crippen molar-refractivity contribution in [3.63, 3.8) is 0 Å². The molecule has 0 unspecified atom stereocenters. The van der Waals surface area contributed by atoms with Crippen molar-refractivity contribution in [2.75, 3.05) is 5.32 Å². The van der Waals surface area contributed by atoms with Crippen molar-refractivity contribution in [3.05, 3.63) is 87.4 Å². The van der Waals surface area contributed by atoms with E-state index in [1.54, 1.807) is 34.6 Å². The van der Waals surface area contributed by atoms with E-state index in [4.69, 9.17) is 16.1 Å². The first kappa shape index (κ1) is 20.3. The number of hydrogen-bond acceptors (Lipinski definition) is 4. The third kappa shape index (κ3) is 3.26. The summed E-state index contributed by atoms with van der Waals surface area (Å²) in [5.74, 6) is 0.317. The van der Waals surface area contributed by atoms with Gasteiger partial charge in [-0.15, -0.1) is 0 Å². The molecule has 1 aliphatic rings. The highest BCUT2D eigenvalue weighted by molar-refractivity contribution is 6.30. The number of rotatable bonds is 5. The second kappa shape index (κ2) is 7.53. The van der Waals surface area contributed by atoms with Gasteiger partial charge in [0.15, 0.2) is 5.76 Å². The van der Waals surface area contributed by atoms with Gasteiger partial charge < -0.3 is 9.84 Å². The van der Waals surface area contributed by atoms with Crippen molar-refractivity contribution in [1.29, 1.82) is 0 Å². The molecule has 0 saturated heterocycles. The van der Waals surface area contributed by atoms with E-state index in [1.807, 2.05) is 49.4 Å². The Balaban J connectivity index is 1.44. The molecule has 32 heavy (non-hydrogen) atoms. The van der Waals surface area contributed by atoms with Crippen molar-refractivity contribution >= 4 is 23.2 Å². The van der Waals surface area contributed by atoms with Crippen LogP contribution in [0.4, 0.5) is 5.69 Å². The van der Waals surface area contributed by atoms with Crippen LogP contribution in [0.15, 0.2) is 70.0 Å². The van der Waals surface area contributed by atoms with Crippen LogP contribution in [0.25, 0.3) is 17.0 Å². The van der Waals surface area contributed by atoms with Crippen LogP contribution < -0.4 is 10.9 Å². The summed E-state index contributed by atoms with van der Waals surface area (Å²) in [7, 11) is 1.79. The predicted octanol–water partition coefficient (Wildman–Crippen LogP) is 4.46. The molecule has 1 amide bonds. The molecule has 0 radical (unpaired) electrons. The van der Waals surface area contributed by atoms with Crippen LogP contribution in [0.5, 0.6) is 0 Å². The highest BCUT2D eigenvalue weighted by atomic mass is 35.5. The van der Waals surface area contributed by atoms with Gasteiger partial charge >= 0.3 is 0 Å². The topological polar surface area (TPSA) is 82.1 Å². The average molecular weight is 449 g/mol. The van der Waals surface area contributed by atoms with Gasteiger partial charge in [0, 0.05) is 23.7 Å². The van der Waals surface area contributed by atoms with E-state index in [0.29, 0.717) is 35.0 Å². The second-order valence-corrected chi connectivity index (χ2v) is 8.49. The van der Waals surface area contributed by atoms with Gasteiger partial charge in [0.2, 0.25) is 5.91 Å². The molecule has 1 fully saturated rings. The summed E-state index contributed by atoms with van der Waals surface area (Å²) >= 11 is 5.95. The Morgan fingerprint density at radius 2 is 1.81 bits per heavy atom. The Labute approximate surface area is 189 Å². The summed E-state index contributed by atoms with van der Waals surface area (Å²) in [5.41, 5.74) is 2.00. The number of para-hydroxylation sites is 1. The monoisotopic (exact) mass is 448 g/mol. The van der Waals surface area contributed by atoms with E-state index in [2.05, 4.69) is 10.5 Å². The van der Waals surface area contributed by atoms with Gasteiger partial charge in [-0.3, -0.25) is 14.3 Å². The maximum atomic E-state index is 13.3. The van der Waals surface area contributed by atoms with Crippen LogP contribution in [0.1, 0.15) is 24.2 Å². The molecule has 1 N–H and O–H groups in total. The normalized spacial score (nSPS) is 14.3. The van der Waals surface area contributed by atoms with Gasteiger partial charge in [-0.25, -0.2) is 4.68 Å². The summed E-state index contributed by atoms with van der Waals surface area (Å²) in [6, 6.07) is 18.3. The maximum Gasteiger partial charge on any atom is 0.295 e. The van der Waals surface area contributed by atoms with Gasteiger partial charge in [0.25, 0.3) is 5.56 Å². The summed E-state index contributed by atoms with van der Waals surface area (Å²) < 4.78 is 8.78. The van der Waals surface area contributed by atoms with Gasteiger partial charge in [0.05, 0.1) is 22.5 Å². The first-order chi connectivity index (χ1) is 15.4. The highest BCUT2D eigenvalue weighted by Gasteiger charge is 2.54. The number of hydrogen-bond donors (Lipinski definition) is 1. The van der Waals surface area contributed by atoms with E-state index >= 15 is 0 Å². The summed E-state index contributed by atoms with van der Waals surface area (Å²) in [4.78, 5) is 26.4. The minimum atomic E-state index is -0.791. The number of carbonyl (C=O) groups is 1. The Morgan fingerprint density at radius 1 is 1.12 bits per heavy atom. The standard InChI is InChI=1S/C24H21ClN4O3/c1-15-21(22(30)29(28(15)2)18-6-4-3-5-7-18)26-23(31)24(12-13-24)20-14-19(32-27-20)16-8-10-17(25)11-9-16/h3-11,14H,12-13H2,1-2H3,(H,26,31). The Bertz CT molecular complexity index is 1360. The van der Waals surface area contributed by atoms with Crippen LogP contribution >= 0.6 is 11.6 Å². The molecule has 2 heterocycles. The third-order valence-corrected chi connectivity index (χ3v) is 6.36. The zero-order chi connectivity index (χ0) is 22.5. The van der Waals surface area contributed by atoms with Crippen molar-refractivity contribution in [2.24, 2.45) is 7.05 Å². The fourth-order valence-electron chi connectivity index (χ4n) is 3.92.